The van der Waals surface area contributed by atoms with Gasteiger partial charge in [-0.1, -0.05) is 0 Å². The Balaban J connectivity index is 2.39. The lowest BCUT2D eigenvalue weighted by molar-refractivity contribution is -0.137. The molecule has 0 spiro atoms. The molecule has 0 aliphatic heterocycles. The summed E-state index contributed by atoms with van der Waals surface area (Å²) in [5.74, 6) is -0.848. The van der Waals surface area contributed by atoms with Crippen molar-refractivity contribution in [1.82, 2.24) is 9.80 Å². The van der Waals surface area contributed by atoms with Crippen LogP contribution < -0.4 is 0 Å². The van der Waals surface area contributed by atoms with Crippen LogP contribution in [0, 0.1) is 11.3 Å². The van der Waals surface area contributed by atoms with Gasteiger partial charge in [-0.2, -0.15) is 5.26 Å². The molecule has 1 aliphatic rings. The number of carbonyl (C=O) groups excluding carboxylic acids is 1. The summed E-state index contributed by atoms with van der Waals surface area (Å²) in [7, 11) is 1.67. The predicted molar refractivity (Wildman–Crippen MR) is 64.9 cm³/mol. The van der Waals surface area contributed by atoms with Crippen LogP contribution in [0.25, 0.3) is 0 Å². The zero-order valence-corrected chi connectivity index (χ0v) is 10.6. The highest BCUT2D eigenvalue weighted by atomic mass is 16.4. The van der Waals surface area contributed by atoms with E-state index < -0.39 is 5.97 Å². The number of nitriles is 1. The Labute approximate surface area is 107 Å². The number of aliphatic carboxylic acids is 1. The third-order valence-electron chi connectivity index (χ3n) is 2.91. The van der Waals surface area contributed by atoms with Crippen molar-refractivity contribution in [2.75, 3.05) is 20.1 Å². The van der Waals surface area contributed by atoms with Crippen molar-refractivity contribution in [3.8, 4) is 6.07 Å². The van der Waals surface area contributed by atoms with Crippen molar-refractivity contribution in [2.24, 2.45) is 0 Å². The molecule has 0 saturated heterocycles. The zero-order chi connectivity index (χ0) is 13.5. The number of amides is 2. The van der Waals surface area contributed by atoms with E-state index in [0.717, 1.165) is 12.8 Å². The number of hydrogen-bond donors (Lipinski definition) is 1. The Morgan fingerprint density at radius 2 is 2.06 bits per heavy atom. The van der Waals surface area contributed by atoms with Crippen LogP contribution in [0.1, 0.15) is 32.1 Å². The van der Waals surface area contributed by atoms with E-state index in [1.165, 1.54) is 0 Å². The average molecular weight is 253 g/mol. The van der Waals surface area contributed by atoms with E-state index in [-0.39, 0.29) is 18.5 Å². The van der Waals surface area contributed by atoms with Gasteiger partial charge in [0.15, 0.2) is 0 Å². The first-order valence-corrected chi connectivity index (χ1v) is 6.16. The number of carboxylic acids is 1. The van der Waals surface area contributed by atoms with Crippen molar-refractivity contribution in [2.45, 2.75) is 38.1 Å². The number of carboxylic acid groups (broad SMARTS) is 1. The number of rotatable bonds is 7. The molecule has 0 aromatic heterocycles. The largest absolute Gasteiger partial charge is 0.481 e. The summed E-state index contributed by atoms with van der Waals surface area (Å²) in [5.41, 5.74) is 0. The molecule has 0 radical (unpaired) electrons. The molecule has 0 heterocycles. The molecule has 1 aliphatic carbocycles. The number of hydrogen-bond acceptors (Lipinski definition) is 3. The lowest BCUT2D eigenvalue weighted by atomic mass is 10.3. The van der Waals surface area contributed by atoms with Gasteiger partial charge < -0.3 is 14.9 Å². The highest BCUT2D eigenvalue weighted by Crippen LogP contribution is 2.27. The molecule has 2 amide bonds. The first-order chi connectivity index (χ1) is 8.56. The molecule has 1 N–H and O–H groups in total. The van der Waals surface area contributed by atoms with Gasteiger partial charge in [0.1, 0.15) is 0 Å². The van der Waals surface area contributed by atoms with Crippen LogP contribution in [0.4, 0.5) is 4.79 Å². The zero-order valence-electron chi connectivity index (χ0n) is 10.6. The third-order valence-corrected chi connectivity index (χ3v) is 2.91. The van der Waals surface area contributed by atoms with E-state index in [1.54, 1.807) is 16.8 Å². The van der Waals surface area contributed by atoms with Gasteiger partial charge in [0.2, 0.25) is 0 Å². The summed E-state index contributed by atoms with van der Waals surface area (Å²) in [4.78, 5) is 25.8. The van der Waals surface area contributed by atoms with Crippen molar-refractivity contribution in [3.05, 3.63) is 0 Å². The highest BCUT2D eigenvalue weighted by Gasteiger charge is 2.33. The maximum atomic E-state index is 12.1. The minimum atomic E-state index is -0.848. The van der Waals surface area contributed by atoms with Gasteiger partial charge in [-0.15, -0.1) is 0 Å². The Hall–Kier alpha value is -1.77. The number of carbonyl (C=O) groups is 2. The summed E-state index contributed by atoms with van der Waals surface area (Å²) >= 11 is 0. The fourth-order valence-corrected chi connectivity index (χ4v) is 1.77. The molecule has 0 atom stereocenters. The van der Waals surface area contributed by atoms with Crippen molar-refractivity contribution in [1.29, 1.82) is 5.26 Å². The maximum Gasteiger partial charge on any atom is 0.320 e. The van der Waals surface area contributed by atoms with Gasteiger partial charge in [-0.05, 0) is 19.3 Å². The van der Waals surface area contributed by atoms with Gasteiger partial charge in [-0.3, -0.25) is 4.79 Å². The molecule has 0 unspecified atom stereocenters. The Morgan fingerprint density at radius 3 is 2.56 bits per heavy atom. The molecule has 0 bridgehead atoms. The number of nitrogens with zero attached hydrogens (tertiary/aromatic N) is 3. The minimum Gasteiger partial charge on any atom is -0.481 e. The molecule has 6 heteroatoms. The van der Waals surface area contributed by atoms with Gasteiger partial charge in [-0.25, -0.2) is 4.79 Å². The summed E-state index contributed by atoms with van der Waals surface area (Å²) in [6.45, 7) is 0.893. The van der Waals surface area contributed by atoms with Gasteiger partial charge in [0, 0.05) is 32.6 Å². The van der Waals surface area contributed by atoms with E-state index in [9.17, 15) is 9.59 Å². The van der Waals surface area contributed by atoms with Gasteiger partial charge in [0.25, 0.3) is 0 Å². The second kappa shape index (κ2) is 6.84. The Kier molecular flexibility index (Phi) is 5.43. The second-order valence-corrected chi connectivity index (χ2v) is 4.53. The molecular weight excluding hydrogens is 234 g/mol. The summed E-state index contributed by atoms with van der Waals surface area (Å²) < 4.78 is 0. The lowest BCUT2D eigenvalue weighted by Crippen LogP contribution is -2.43. The topological polar surface area (TPSA) is 84.6 Å². The van der Waals surface area contributed by atoms with Crippen LogP contribution in [0.5, 0.6) is 0 Å². The average Bonchev–Trinajstić information content (AvgIpc) is 3.13. The molecule has 0 aromatic rings. The predicted octanol–water partition coefficient (Wildman–Crippen LogP) is 1.28. The second-order valence-electron chi connectivity index (χ2n) is 4.53. The summed E-state index contributed by atoms with van der Waals surface area (Å²) in [6, 6.07) is 2.21. The molecule has 6 nitrogen and oxygen atoms in total. The monoisotopic (exact) mass is 253 g/mol. The fourth-order valence-electron chi connectivity index (χ4n) is 1.77. The van der Waals surface area contributed by atoms with Crippen LogP contribution in [0.15, 0.2) is 0 Å². The van der Waals surface area contributed by atoms with E-state index in [0.29, 0.717) is 25.9 Å². The first-order valence-electron chi connectivity index (χ1n) is 6.16. The molecule has 1 fully saturated rings. The fraction of sp³-hybridized carbons (Fsp3) is 0.750. The highest BCUT2D eigenvalue weighted by molar-refractivity contribution is 5.75. The smallest absolute Gasteiger partial charge is 0.320 e. The van der Waals surface area contributed by atoms with Crippen molar-refractivity contribution >= 4 is 12.0 Å². The molecular formula is C12H19N3O3. The van der Waals surface area contributed by atoms with Crippen molar-refractivity contribution < 1.29 is 14.7 Å². The van der Waals surface area contributed by atoms with E-state index >= 15 is 0 Å². The third kappa shape index (κ3) is 4.62. The molecule has 100 valence electrons. The van der Waals surface area contributed by atoms with Crippen molar-refractivity contribution in [3.63, 3.8) is 0 Å². The molecule has 1 saturated carbocycles. The summed E-state index contributed by atoms with van der Waals surface area (Å²) in [5, 5.41) is 17.1. The van der Waals surface area contributed by atoms with Gasteiger partial charge >= 0.3 is 12.0 Å². The van der Waals surface area contributed by atoms with Gasteiger partial charge in [0.05, 0.1) is 12.5 Å². The van der Waals surface area contributed by atoms with Crippen LogP contribution in [0.3, 0.4) is 0 Å². The SMILES string of the molecule is CN(CCCC(=O)O)C(=O)N(CCC#N)C1CC1. The molecule has 0 aromatic carbocycles. The van der Waals surface area contributed by atoms with E-state index in [4.69, 9.17) is 10.4 Å². The standard InChI is InChI=1S/C12H19N3O3/c1-14(8-2-4-11(16)17)12(18)15(9-3-7-13)10-5-6-10/h10H,2-6,8-9H2,1H3,(H,16,17). The quantitative estimate of drug-likeness (QED) is 0.740. The Morgan fingerprint density at radius 1 is 1.39 bits per heavy atom. The maximum absolute atomic E-state index is 12.1. The van der Waals surface area contributed by atoms with Crippen LogP contribution in [-0.2, 0) is 4.79 Å². The van der Waals surface area contributed by atoms with Crippen LogP contribution >= 0.6 is 0 Å². The Bertz CT molecular complexity index is 347. The van der Waals surface area contributed by atoms with E-state index in [2.05, 4.69) is 0 Å². The lowest BCUT2D eigenvalue weighted by Gasteiger charge is -2.27. The minimum absolute atomic E-state index is 0.0687. The number of urea groups is 1. The van der Waals surface area contributed by atoms with E-state index in [1.807, 2.05) is 6.07 Å². The first kappa shape index (κ1) is 14.3. The summed E-state index contributed by atoms with van der Waals surface area (Å²) in [6.07, 6.45) is 2.86. The molecule has 18 heavy (non-hydrogen) atoms. The van der Waals surface area contributed by atoms with Crippen LogP contribution in [0.2, 0.25) is 0 Å². The normalized spacial score (nSPS) is 13.8. The molecule has 1 rings (SSSR count). The van der Waals surface area contributed by atoms with Crippen LogP contribution in [-0.4, -0.2) is 53.1 Å².